The van der Waals surface area contributed by atoms with Crippen molar-refractivity contribution < 1.29 is 9.53 Å². The van der Waals surface area contributed by atoms with Crippen LogP contribution in [0.4, 0.5) is 16.3 Å². The van der Waals surface area contributed by atoms with Gasteiger partial charge in [0.05, 0.1) is 30.9 Å². The third-order valence-corrected chi connectivity index (χ3v) is 4.47. The maximum Gasteiger partial charge on any atom is 0.330 e. The summed E-state index contributed by atoms with van der Waals surface area (Å²) in [5, 5.41) is 10.2. The highest BCUT2D eigenvalue weighted by atomic mass is 16.5. The van der Waals surface area contributed by atoms with Gasteiger partial charge in [-0.2, -0.15) is 5.10 Å². The van der Waals surface area contributed by atoms with Gasteiger partial charge in [-0.25, -0.2) is 4.79 Å². The maximum atomic E-state index is 13.0. The molecule has 0 saturated carbocycles. The third kappa shape index (κ3) is 2.46. The van der Waals surface area contributed by atoms with Gasteiger partial charge in [0, 0.05) is 11.9 Å². The number of carbonyl (C=O) groups excluding carboxylic acids is 1. The number of carbonyl (C=O) groups is 1. The number of benzene rings is 2. The summed E-state index contributed by atoms with van der Waals surface area (Å²) in [6, 6.07) is 13.6. The fourth-order valence-electron chi connectivity index (χ4n) is 3.21. The van der Waals surface area contributed by atoms with E-state index in [1.807, 2.05) is 49.4 Å². The molecule has 0 aliphatic carbocycles. The SMILES string of the molecule is CCN1C(=O)N(Cc2ccc(OC)cc2)c2cccc3cnnc1c23. The average molecular weight is 334 g/mol. The van der Waals surface area contributed by atoms with Gasteiger partial charge in [-0.1, -0.05) is 24.3 Å². The van der Waals surface area contributed by atoms with E-state index in [4.69, 9.17) is 4.74 Å². The lowest BCUT2D eigenvalue weighted by Crippen LogP contribution is -2.46. The van der Waals surface area contributed by atoms with Crippen LogP contribution in [0.2, 0.25) is 0 Å². The average Bonchev–Trinajstić information content (AvgIpc) is 2.66. The monoisotopic (exact) mass is 334 g/mol. The molecule has 2 heterocycles. The molecule has 0 saturated heterocycles. The van der Waals surface area contributed by atoms with Gasteiger partial charge >= 0.3 is 6.03 Å². The highest BCUT2D eigenvalue weighted by molar-refractivity contribution is 6.18. The van der Waals surface area contributed by atoms with E-state index in [0.29, 0.717) is 18.9 Å². The number of urea groups is 1. The minimum atomic E-state index is -0.0844. The van der Waals surface area contributed by atoms with Crippen molar-refractivity contribution in [2.75, 3.05) is 23.5 Å². The van der Waals surface area contributed by atoms with Gasteiger partial charge in [-0.3, -0.25) is 9.80 Å². The fraction of sp³-hybridized carbons (Fsp3) is 0.211. The van der Waals surface area contributed by atoms with E-state index in [1.165, 1.54) is 0 Å². The summed E-state index contributed by atoms with van der Waals surface area (Å²) in [6.45, 7) is 2.97. The number of hydrogen-bond acceptors (Lipinski definition) is 4. The first-order valence-corrected chi connectivity index (χ1v) is 8.19. The Morgan fingerprint density at radius 2 is 1.88 bits per heavy atom. The van der Waals surface area contributed by atoms with E-state index in [0.717, 1.165) is 27.8 Å². The summed E-state index contributed by atoms with van der Waals surface area (Å²) in [5.74, 6) is 1.43. The van der Waals surface area contributed by atoms with Crippen LogP contribution in [0.3, 0.4) is 0 Å². The van der Waals surface area contributed by atoms with Crippen molar-refractivity contribution in [2.45, 2.75) is 13.5 Å². The standard InChI is InChI=1S/C19H18N4O2/c1-3-22-18-17-14(11-20-21-18)5-4-6-16(17)23(19(22)24)12-13-7-9-15(25-2)10-8-13/h4-11H,3,12H2,1-2H3. The Kier molecular flexibility index (Phi) is 3.72. The Morgan fingerprint density at radius 3 is 2.60 bits per heavy atom. The minimum Gasteiger partial charge on any atom is -0.497 e. The van der Waals surface area contributed by atoms with E-state index in [2.05, 4.69) is 10.2 Å². The van der Waals surface area contributed by atoms with Gasteiger partial charge in [0.2, 0.25) is 0 Å². The van der Waals surface area contributed by atoms with Crippen LogP contribution in [0.5, 0.6) is 5.75 Å². The number of aromatic nitrogens is 2. The fourth-order valence-corrected chi connectivity index (χ4v) is 3.21. The predicted molar refractivity (Wildman–Crippen MR) is 97.1 cm³/mol. The molecule has 1 aromatic heterocycles. The Balaban J connectivity index is 1.82. The van der Waals surface area contributed by atoms with E-state index in [-0.39, 0.29) is 6.03 Å². The van der Waals surface area contributed by atoms with Crippen molar-refractivity contribution in [2.24, 2.45) is 0 Å². The van der Waals surface area contributed by atoms with Crippen molar-refractivity contribution in [3.63, 3.8) is 0 Å². The van der Waals surface area contributed by atoms with Crippen LogP contribution < -0.4 is 14.5 Å². The summed E-state index contributed by atoms with van der Waals surface area (Å²) in [5.41, 5.74) is 1.90. The first-order valence-electron chi connectivity index (χ1n) is 8.19. The molecule has 2 amide bonds. The maximum absolute atomic E-state index is 13.0. The summed E-state index contributed by atoms with van der Waals surface area (Å²) in [7, 11) is 1.64. The second-order valence-electron chi connectivity index (χ2n) is 5.87. The van der Waals surface area contributed by atoms with Gasteiger partial charge in [0.15, 0.2) is 5.82 Å². The number of rotatable bonds is 4. The smallest absolute Gasteiger partial charge is 0.330 e. The van der Waals surface area contributed by atoms with Crippen molar-refractivity contribution >= 4 is 28.3 Å². The quantitative estimate of drug-likeness (QED) is 0.731. The molecule has 0 N–H and O–H groups in total. The molecule has 6 nitrogen and oxygen atoms in total. The predicted octanol–water partition coefficient (Wildman–Crippen LogP) is 3.60. The van der Waals surface area contributed by atoms with Gasteiger partial charge in [-0.05, 0) is 30.7 Å². The second kappa shape index (κ2) is 6.05. The first-order chi connectivity index (χ1) is 12.2. The molecular formula is C19H18N4O2. The van der Waals surface area contributed by atoms with Crippen molar-refractivity contribution in [3.8, 4) is 5.75 Å². The Morgan fingerprint density at radius 1 is 1.08 bits per heavy atom. The molecule has 1 aliphatic heterocycles. The zero-order chi connectivity index (χ0) is 17.4. The zero-order valence-corrected chi connectivity index (χ0v) is 14.1. The molecule has 0 spiro atoms. The van der Waals surface area contributed by atoms with Crippen LogP contribution in [-0.4, -0.2) is 29.9 Å². The summed E-state index contributed by atoms with van der Waals surface area (Å²) in [6.07, 6.45) is 1.73. The lowest BCUT2D eigenvalue weighted by atomic mass is 10.1. The summed E-state index contributed by atoms with van der Waals surface area (Å²) in [4.78, 5) is 16.5. The Hall–Kier alpha value is -3.15. The Labute approximate surface area is 145 Å². The molecular weight excluding hydrogens is 316 g/mol. The summed E-state index contributed by atoms with van der Waals surface area (Å²) < 4.78 is 5.20. The van der Waals surface area contributed by atoms with E-state index in [9.17, 15) is 4.79 Å². The van der Waals surface area contributed by atoms with Crippen LogP contribution in [0.1, 0.15) is 12.5 Å². The van der Waals surface area contributed by atoms with Crippen LogP contribution >= 0.6 is 0 Å². The van der Waals surface area contributed by atoms with Gasteiger partial charge in [-0.15, -0.1) is 5.10 Å². The van der Waals surface area contributed by atoms with Crippen LogP contribution in [0.15, 0.2) is 48.7 Å². The van der Waals surface area contributed by atoms with Crippen LogP contribution in [-0.2, 0) is 6.54 Å². The largest absolute Gasteiger partial charge is 0.497 e. The van der Waals surface area contributed by atoms with E-state index >= 15 is 0 Å². The van der Waals surface area contributed by atoms with Gasteiger partial charge < -0.3 is 4.74 Å². The number of anilines is 2. The van der Waals surface area contributed by atoms with Gasteiger partial charge in [0.25, 0.3) is 0 Å². The minimum absolute atomic E-state index is 0.0844. The second-order valence-corrected chi connectivity index (χ2v) is 5.87. The molecule has 0 radical (unpaired) electrons. The van der Waals surface area contributed by atoms with Crippen molar-refractivity contribution in [3.05, 3.63) is 54.2 Å². The summed E-state index contributed by atoms with van der Waals surface area (Å²) >= 11 is 0. The van der Waals surface area contributed by atoms with E-state index < -0.39 is 0 Å². The molecule has 25 heavy (non-hydrogen) atoms. The van der Waals surface area contributed by atoms with Crippen molar-refractivity contribution in [1.29, 1.82) is 0 Å². The lowest BCUT2D eigenvalue weighted by Gasteiger charge is -2.35. The highest BCUT2D eigenvalue weighted by Crippen LogP contribution is 2.38. The lowest BCUT2D eigenvalue weighted by molar-refractivity contribution is 0.251. The molecule has 0 fully saturated rings. The van der Waals surface area contributed by atoms with E-state index in [1.54, 1.807) is 23.1 Å². The molecule has 0 atom stereocenters. The Bertz CT molecular complexity index is 935. The topological polar surface area (TPSA) is 58.6 Å². The number of methoxy groups -OCH3 is 1. The molecule has 6 heteroatoms. The molecule has 2 aromatic carbocycles. The first kappa shape index (κ1) is 15.4. The highest BCUT2D eigenvalue weighted by Gasteiger charge is 2.32. The number of nitrogens with zero attached hydrogens (tertiary/aromatic N) is 4. The normalized spacial score (nSPS) is 13.4. The zero-order valence-electron chi connectivity index (χ0n) is 14.1. The molecule has 3 aromatic rings. The molecule has 1 aliphatic rings. The number of amides is 2. The molecule has 0 unspecified atom stereocenters. The van der Waals surface area contributed by atoms with Crippen LogP contribution in [0.25, 0.3) is 10.8 Å². The number of ether oxygens (including phenoxy) is 1. The van der Waals surface area contributed by atoms with Crippen molar-refractivity contribution in [1.82, 2.24) is 10.2 Å². The number of hydrogen-bond donors (Lipinski definition) is 0. The van der Waals surface area contributed by atoms with Crippen LogP contribution in [0, 0.1) is 0 Å². The third-order valence-electron chi connectivity index (χ3n) is 4.47. The van der Waals surface area contributed by atoms with Gasteiger partial charge in [0.1, 0.15) is 5.75 Å². The molecule has 0 bridgehead atoms. The molecule has 126 valence electrons. The molecule has 4 rings (SSSR count).